The Morgan fingerprint density at radius 3 is 2.34 bits per heavy atom. The van der Waals surface area contributed by atoms with E-state index < -0.39 is 0 Å². The summed E-state index contributed by atoms with van der Waals surface area (Å²) in [6, 6.07) is 13.6. The maximum atomic E-state index is 12.5. The highest BCUT2D eigenvalue weighted by molar-refractivity contribution is 5.94. The van der Waals surface area contributed by atoms with E-state index >= 15 is 0 Å². The highest BCUT2D eigenvalue weighted by atomic mass is 16.1. The number of carbonyl (C=O) groups is 2. The minimum atomic E-state index is 0.0497. The van der Waals surface area contributed by atoms with E-state index in [4.69, 9.17) is 0 Å². The SMILES string of the molecule is CCCC(CCC)C(=O)NCc1ccc2c(cnn2-c2ccc(C(C)=O)cc2)c1. The quantitative estimate of drug-likeness (QED) is 0.519. The van der Waals surface area contributed by atoms with Crippen LogP contribution >= 0.6 is 0 Å². The number of amides is 1. The van der Waals surface area contributed by atoms with Crippen LogP contribution in [0, 0.1) is 5.92 Å². The molecule has 0 saturated carbocycles. The van der Waals surface area contributed by atoms with Gasteiger partial charge in [-0.25, -0.2) is 4.68 Å². The predicted molar refractivity (Wildman–Crippen MR) is 116 cm³/mol. The maximum Gasteiger partial charge on any atom is 0.223 e. The van der Waals surface area contributed by atoms with E-state index in [0.29, 0.717) is 12.1 Å². The second-order valence-electron chi connectivity index (χ2n) is 7.54. The molecular formula is C24H29N3O2. The number of rotatable bonds is 9. The number of aromatic nitrogens is 2. The van der Waals surface area contributed by atoms with Crippen LogP contribution in [0.1, 0.15) is 62.4 Å². The molecule has 0 aliphatic rings. The van der Waals surface area contributed by atoms with E-state index in [-0.39, 0.29) is 17.6 Å². The van der Waals surface area contributed by atoms with Gasteiger partial charge in [-0.05, 0) is 61.7 Å². The van der Waals surface area contributed by atoms with E-state index in [2.05, 4.69) is 30.3 Å². The second-order valence-corrected chi connectivity index (χ2v) is 7.54. The molecule has 152 valence electrons. The van der Waals surface area contributed by atoms with Gasteiger partial charge in [0.15, 0.2) is 5.78 Å². The smallest absolute Gasteiger partial charge is 0.223 e. The first-order chi connectivity index (χ1) is 14.0. The van der Waals surface area contributed by atoms with Crippen molar-refractivity contribution in [3.05, 3.63) is 59.8 Å². The Kier molecular flexibility index (Phi) is 6.81. The molecule has 2 aromatic carbocycles. The molecule has 1 amide bonds. The lowest BCUT2D eigenvalue weighted by Crippen LogP contribution is -2.30. The highest BCUT2D eigenvalue weighted by Gasteiger charge is 2.16. The Balaban J connectivity index is 1.73. The van der Waals surface area contributed by atoms with Crippen molar-refractivity contribution < 1.29 is 9.59 Å². The van der Waals surface area contributed by atoms with Crippen LogP contribution in [-0.4, -0.2) is 21.5 Å². The lowest BCUT2D eigenvalue weighted by atomic mass is 9.97. The van der Waals surface area contributed by atoms with Crippen LogP contribution in [0.15, 0.2) is 48.7 Å². The molecule has 0 fully saturated rings. The zero-order valence-electron chi connectivity index (χ0n) is 17.4. The summed E-state index contributed by atoms with van der Waals surface area (Å²) in [5.41, 5.74) is 3.65. The van der Waals surface area contributed by atoms with Gasteiger partial charge in [-0.1, -0.05) is 32.8 Å². The number of Topliss-reactive ketones (excluding diaryl/α,β-unsaturated/α-hetero) is 1. The molecule has 0 atom stereocenters. The standard InChI is InChI=1S/C24H29N3O2/c1-4-6-20(7-5-2)24(29)25-15-18-8-13-23-21(14-18)16-26-27(23)22-11-9-19(10-12-22)17(3)28/h8-14,16,20H,4-7,15H2,1-3H3,(H,25,29). The second kappa shape index (κ2) is 9.50. The number of hydrogen-bond acceptors (Lipinski definition) is 3. The molecule has 5 heteroatoms. The normalized spacial score (nSPS) is 11.2. The Labute approximate surface area is 172 Å². The maximum absolute atomic E-state index is 12.5. The van der Waals surface area contributed by atoms with Crippen LogP contribution in [0.5, 0.6) is 0 Å². The van der Waals surface area contributed by atoms with Crippen molar-refractivity contribution in [3.63, 3.8) is 0 Å². The summed E-state index contributed by atoms with van der Waals surface area (Å²) in [4.78, 5) is 23.9. The van der Waals surface area contributed by atoms with Gasteiger partial charge in [0.2, 0.25) is 5.91 Å². The van der Waals surface area contributed by atoms with Gasteiger partial charge < -0.3 is 5.32 Å². The summed E-state index contributed by atoms with van der Waals surface area (Å²) in [5.74, 6) is 0.304. The van der Waals surface area contributed by atoms with Crippen LogP contribution in [0.3, 0.4) is 0 Å². The number of ketones is 1. The number of hydrogen-bond donors (Lipinski definition) is 1. The van der Waals surface area contributed by atoms with E-state index in [0.717, 1.165) is 47.8 Å². The van der Waals surface area contributed by atoms with Gasteiger partial charge >= 0.3 is 0 Å². The molecule has 29 heavy (non-hydrogen) atoms. The van der Waals surface area contributed by atoms with E-state index in [1.807, 2.05) is 47.3 Å². The van der Waals surface area contributed by atoms with Gasteiger partial charge in [0.25, 0.3) is 0 Å². The van der Waals surface area contributed by atoms with E-state index in [1.165, 1.54) is 0 Å². The number of benzene rings is 2. The fourth-order valence-corrected chi connectivity index (χ4v) is 3.67. The summed E-state index contributed by atoms with van der Waals surface area (Å²) in [7, 11) is 0. The van der Waals surface area contributed by atoms with Crippen molar-refractivity contribution in [3.8, 4) is 5.69 Å². The first-order valence-electron chi connectivity index (χ1n) is 10.4. The minimum Gasteiger partial charge on any atom is -0.352 e. The lowest BCUT2D eigenvalue weighted by Gasteiger charge is -2.15. The number of nitrogens with zero attached hydrogens (tertiary/aromatic N) is 2. The predicted octanol–water partition coefficient (Wildman–Crippen LogP) is 5.06. The highest BCUT2D eigenvalue weighted by Crippen LogP contribution is 2.21. The van der Waals surface area contributed by atoms with Crippen LogP contribution in [0.2, 0.25) is 0 Å². The molecule has 0 unspecified atom stereocenters. The first-order valence-corrected chi connectivity index (χ1v) is 10.4. The summed E-state index contributed by atoms with van der Waals surface area (Å²) in [6.45, 7) is 6.33. The van der Waals surface area contributed by atoms with Crippen molar-refractivity contribution in [2.45, 2.75) is 53.0 Å². The Bertz CT molecular complexity index is 983. The third kappa shape index (κ3) is 4.91. The molecule has 0 spiro atoms. The molecule has 0 radical (unpaired) electrons. The van der Waals surface area contributed by atoms with Gasteiger partial charge in [-0.2, -0.15) is 5.10 Å². The zero-order valence-corrected chi connectivity index (χ0v) is 17.4. The molecule has 0 aliphatic heterocycles. The van der Waals surface area contributed by atoms with Crippen molar-refractivity contribution >= 4 is 22.6 Å². The molecule has 1 aromatic heterocycles. The summed E-state index contributed by atoms with van der Waals surface area (Å²) < 4.78 is 1.86. The summed E-state index contributed by atoms with van der Waals surface area (Å²) in [5, 5.41) is 8.61. The van der Waals surface area contributed by atoms with Gasteiger partial charge in [-0.15, -0.1) is 0 Å². The van der Waals surface area contributed by atoms with Crippen LogP contribution in [0.4, 0.5) is 0 Å². The fourth-order valence-electron chi connectivity index (χ4n) is 3.67. The summed E-state index contributed by atoms with van der Waals surface area (Å²) in [6.07, 6.45) is 5.76. The first kappa shape index (κ1) is 20.8. The monoisotopic (exact) mass is 391 g/mol. The molecule has 1 heterocycles. The minimum absolute atomic E-state index is 0.0497. The average Bonchev–Trinajstić information content (AvgIpc) is 3.15. The fraction of sp³-hybridized carbons (Fsp3) is 0.375. The van der Waals surface area contributed by atoms with Crippen molar-refractivity contribution in [1.29, 1.82) is 0 Å². The third-order valence-corrected chi connectivity index (χ3v) is 5.26. The Morgan fingerprint density at radius 2 is 1.72 bits per heavy atom. The van der Waals surface area contributed by atoms with Gasteiger partial charge in [-0.3, -0.25) is 9.59 Å². The molecule has 0 saturated heterocycles. The number of carbonyl (C=O) groups excluding carboxylic acids is 2. The van der Waals surface area contributed by atoms with Gasteiger partial charge in [0.05, 0.1) is 17.4 Å². The van der Waals surface area contributed by atoms with Crippen molar-refractivity contribution in [1.82, 2.24) is 15.1 Å². The molecule has 0 bridgehead atoms. The average molecular weight is 392 g/mol. The molecule has 0 aliphatic carbocycles. The topological polar surface area (TPSA) is 64.0 Å². The Hall–Kier alpha value is -2.95. The van der Waals surface area contributed by atoms with Crippen molar-refractivity contribution in [2.75, 3.05) is 0 Å². The van der Waals surface area contributed by atoms with Gasteiger partial charge in [0, 0.05) is 23.4 Å². The lowest BCUT2D eigenvalue weighted by molar-refractivity contribution is -0.125. The number of fused-ring (bicyclic) bond motifs is 1. The van der Waals surface area contributed by atoms with Crippen LogP contribution in [0.25, 0.3) is 16.6 Å². The van der Waals surface area contributed by atoms with Gasteiger partial charge in [0.1, 0.15) is 0 Å². The van der Waals surface area contributed by atoms with Crippen LogP contribution < -0.4 is 5.32 Å². The molecular weight excluding hydrogens is 362 g/mol. The van der Waals surface area contributed by atoms with Crippen LogP contribution in [-0.2, 0) is 11.3 Å². The molecule has 3 rings (SSSR count). The largest absolute Gasteiger partial charge is 0.352 e. The van der Waals surface area contributed by atoms with Crippen molar-refractivity contribution in [2.24, 2.45) is 5.92 Å². The summed E-state index contributed by atoms with van der Waals surface area (Å²) >= 11 is 0. The van der Waals surface area contributed by atoms with E-state index in [9.17, 15) is 9.59 Å². The zero-order chi connectivity index (χ0) is 20.8. The third-order valence-electron chi connectivity index (χ3n) is 5.26. The Morgan fingerprint density at radius 1 is 1.03 bits per heavy atom. The van der Waals surface area contributed by atoms with E-state index in [1.54, 1.807) is 6.92 Å². The number of nitrogens with one attached hydrogen (secondary N) is 1. The molecule has 1 N–H and O–H groups in total. The molecule has 3 aromatic rings. The molecule has 5 nitrogen and oxygen atoms in total.